The quantitative estimate of drug-likeness (QED) is 0.343. The van der Waals surface area contributed by atoms with Crippen LogP contribution in [0, 0.1) is 0 Å². The minimum atomic E-state index is -0.0717. The van der Waals surface area contributed by atoms with Crippen LogP contribution in [0.2, 0.25) is 0 Å². The van der Waals surface area contributed by atoms with Crippen molar-refractivity contribution in [2.24, 2.45) is 7.05 Å². The Balaban J connectivity index is 1.18. The Kier molecular flexibility index (Phi) is 7.12. The maximum absolute atomic E-state index is 12.5. The highest BCUT2D eigenvalue weighted by Gasteiger charge is 2.31. The first-order valence-electron chi connectivity index (χ1n) is 13.9. The van der Waals surface area contributed by atoms with Crippen LogP contribution < -0.4 is 10.1 Å². The molecule has 4 aromatic rings. The maximum atomic E-state index is 12.5. The van der Waals surface area contributed by atoms with Gasteiger partial charge < -0.3 is 29.0 Å². The van der Waals surface area contributed by atoms with Gasteiger partial charge in [-0.05, 0) is 12.5 Å². The van der Waals surface area contributed by atoms with Crippen molar-refractivity contribution in [2.45, 2.75) is 51.2 Å². The topological polar surface area (TPSA) is 121 Å². The van der Waals surface area contributed by atoms with Crippen LogP contribution in [-0.4, -0.2) is 79.6 Å². The number of fused-ring (bicyclic) bond motifs is 1. The molecule has 0 unspecified atom stereocenters. The molecule has 41 heavy (non-hydrogen) atoms. The van der Waals surface area contributed by atoms with Crippen molar-refractivity contribution in [3.63, 3.8) is 0 Å². The monoisotopic (exact) mass is 560 g/mol. The molecule has 12 nitrogen and oxygen atoms in total. The Labute approximate surface area is 238 Å². The second-order valence-corrected chi connectivity index (χ2v) is 11.7. The van der Waals surface area contributed by atoms with Crippen LogP contribution in [0.4, 0.5) is 11.8 Å². The molecule has 0 radical (unpaired) electrons. The first-order chi connectivity index (χ1) is 19.7. The molecule has 1 atom stereocenters. The third-order valence-corrected chi connectivity index (χ3v) is 7.60. The lowest BCUT2D eigenvalue weighted by molar-refractivity contribution is -0.142. The molecule has 6 rings (SSSR count). The molecular weight excluding hydrogens is 524 g/mol. The summed E-state index contributed by atoms with van der Waals surface area (Å²) in [6, 6.07) is 7.75. The van der Waals surface area contributed by atoms with Crippen molar-refractivity contribution in [3.8, 4) is 11.5 Å². The number of rotatable bonds is 8. The van der Waals surface area contributed by atoms with E-state index in [-0.39, 0.29) is 29.9 Å². The zero-order valence-corrected chi connectivity index (χ0v) is 24.1. The third kappa shape index (κ3) is 5.62. The van der Waals surface area contributed by atoms with Crippen LogP contribution in [0.5, 0.6) is 11.5 Å². The van der Waals surface area contributed by atoms with Crippen LogP contribution >= 0.6 is 0 Å². The predicted molar refractivity (Wildman–Crippen MR) is 153 cm³/mol. The number of ether oxygens (including phenoxy) is 3. The second kappa shape index (κ2) is 10.7. The third-order valence-electron chi connectivity index (χ3n) is 7.60. The lowest BCUT2D eigenvalue weighted by Gasteiger charge is -2.38. The van der Waals surface area contributed by atoms with E-state index in [1.165, 1.54) is 0 Å². The van der Waals surface area contributed by atoms with Crippen LogP contribution in [-0.2, 0) is 33.2 Å². The molecule has 0 bridgehead atoms. The van der Waals surface area contributed by atoms with Gasteiger partial charge >= 0.3 is 0 Å². The number of aromatic nitrogens is 6. The highest BCUT2D eigenvalue weighted by molar-refractivity contribution is 5.79. The summed E-state index contributed by atoms with van der Waals surface area (Å²) in [6.07, 6.45) is 4.57. The van der Waals surface area contributed by atoms with Gasteiger partial charge in [0.25, 0.3) is 0 Å². The van der Waals surface area contributed by atoms with Crippen LogP contribution in [0.1, 0.15) is 44.6 Å². The number of hydrogen-bond donors (Lipinski definition) is 1. The molecular formula is C29H36N8O4. The van der Waals surface area contributed by atoms with E-state index in [1.807, 2.05) is 17.7 Å². The van der Waals surface area contributed by atoms with E-state index in [0.29, 0.717) is 48.5 Å². The molecule has 0 saturated carbocycles. The van der Waals surface area contributed by atoms with E-state index in [1.54, 1.807) is 36.5 Å². The molecule has 2 fully saturated rings. The Morgan fingerprint density at radius 1 is 1.17 bits per heavy atom. The SMILES string of the molecule is COC1CN(C(=O)Cc2cc(Oc3cnc4nc(Nc5cc(C(C)(C)C)n([C@H]6CCOC6)n5)n(C)c4c3)ccn2)C1. The van der Waals surface area contributed by atoms with E-state index in [0.717, 1.165) is 30.1 Å². The smallest absolute Gasteiger partial charge is 0.228 e. The first kappa shape index (κ1) is 27.2. The average Bonchev–Trinajstić information content (AvgIpc) is 3.64. The summed E-state index contributed by atoms with van der Waals surface area (Å²) in [4.78, 5) is 27.9. The van der Waals surface area contributed by atoms with Gasteiger partial charge in [0, 0.05) is 69.4 Å². The van der Waals surface area contributed by atoms with Crippen molar-refractivity contribution in [2.75, 3.05) is 38.7 Å². The van der Waals surface area contributed by atoms with Crippen LogP contribution in [0.3, 0.4) is 0 Å². The summed E-state index contributed by atoms with van der Waals surface area (Å²) >= 11 is 0. The van der Waals surface area contributed by atoms with Gasteiger partial charge in [0.2, 0.25) is 11.9 Å². The minimum absolute atomic E-state index is 0.0250. The van der Waals surface area contributed by atoms with Gasteiger partial charge in [0.15, 0.2) is 11.5 Å². The molecule has 0 aromatic carbocycles. The maximum Gasteiger partial charge on any atom is 0.228 e. The minimum Gasteiger partial charge on any atom is -0.456 e. The summed E-state index contributed by atoms with van der Waals surface area (Å²) < 4.78 is 21.0. The standard InChI is InChI=1S/C29H36N8O4/c1-29(2,3)24-13-25(34-37(24)19-7-9-40-17-19)32-28-33-27-23(35(28)4)12-21(14-31-27)41-20-6-8-30-18(10-20)11-26(38)36-15-22(16-36)39-5/h6,8,10,12-14,19,22H,7,9,11,15-17H2,1-5H3,(H,31,32,33,34)/t19-/m0/s1. The summed E-state index contributed by atoms with van der Waals surface area (Å²) in [7, 11) is 3.59. The van der Waals surface area contributed by atoms with Gasteiger partial charge in [-0.3, -0.25) is 14.5 Å². The van der Waals surface area contributed by atoms with E-state index < -0.39 is 0 Å². The van der Waals surface area contributed by atoms with Gasteiger partial charge in [0.05, 0.1) is 42.6 Å². The number of nitrogens with zero attached hydrogens (tertiary/aromatic N) is 7. The number of amides is 1. The number of nitrogens with one attached hydrogen (secondary N) is 1. The number of carbonyl (C=O) groups excluding carboxylic acids is 1. The fraction of sp³-hybridized carbons (Fsp3) is 0.483. The number of anilines is 2. The zero-order valence-electron chi connectivity index (χ0n) is 24.1. The molecule has 216 valence electrons. The van der Waals surface area contributed by atoms with Gasteiger partial charge in [0.1, 0.15) is 11.5 Å². The van der Waals surface area contributed by atoms with E-state index in [9.17, 15) is 4.79 Å². The number of aryl methyl sites for hydroxylation is 1. The molecule has 6 heterocycles. The lowest BCUT2D eigenvalue weighted by atomic mass is 9.91. The van der Waals surface area contributed by atoms with Crippen molar-refractivity contribution >= 4 is 28.8 Å². The van der Waals surface area contributed by atoms with Gasteiger partial charge in [-0.25, -0.2) is 4.98 Å². The van der Waals surface area contributed by atoms with Gasteiger partial charge in [-0.15, -0.1) is 0 Å². The van der Waals surface area contributed by atoms with Crippen molar-refractivity contribution in [3.05, 3.63) is 48.0 Å². The Hall–Kier alpha value is -4.03. The summed E-state index contributed by atoms with van der Waals surface area (Å²) in [5.74, 6) is 2.52. The number of imidazole rings is 1. The van der Waals surface area contributed by atoms with Crippen molar-refractivity contribution < 1.29 is 19.0 Å². The molecule has 2 aliphatic heterocycles. The Morgan fingerprint density at radius 2 is 2.00 bits per heavy atom. The zero-order chi connectivity index (χ0) is 28.7. The normalized spacial score (nSPS) is 17.7. The average molecular weight is 561 g/mol. The summed E-state index contributed by atoms with van der Waals surface area (Å²) in [5, 5.41) is 8.27. The molecule has 12 heteroatoms. The molecule has 2 saturated heterocycles. The molecule has 1 amide bonds. The van der Waals surface area contributed by atoms with Crippen molar-refractivity contribution in [1.82, 2.24) is 34.2 Å². The summed E-state index contributed by atoms with van der Waals surface area (Å²) in [6.45, 7) is 9.23. The highest BCUT2D eigenvalue weighted by Crippen LogP contribution is 2.32. The Morgan fingerprint density at radius 3 is 2.73 bits per heavy atom. The van der Waals surface area contributed by atoms with E-state index >= 15 is 0 Å². The molecule has 1 N–H and O–H groups in total. The number of hydrogen-bond acceptors (Lipinski definition) is 9. The number of methoxy groups -OCH3 is 1. The number of likely N-dealkylation sites (tertiary alicyclic amines) is 1. The lowest BCUT2D eigenvalue weighted by Crippen LogP contribution is -2.54. The largest absolute Gasteiger partial charge is 0.456 e. The van der Waals surface area contributed by atoms with E-state index in [2.05, 4.69) is 46.8 Å². The molecule has 2 aliphatic rings. The second-order valence-electron chi connectivity index (χ2n) is 11.7. The molecule has 0 aliphatic carbocycles. The van der Waals surface area contributed by atoms with Gasteiger partial charge in [-0.2, -0.15) is 10.1 Å². The number of pyridine rings is 2. The van der Waals surface area contributed by atoms with Gasteiger partial charge in [-0.1, -0.05) is 20.8 Å². The van der Waals surface area contributed by atoms with Crippen LogP contribution in [0.15, 0.2) is 36.7 Å². The Bertz CT molecular complexity index is 1560. The van der Waals surface area contributed by atoms with Crippen molar-refractivity contribution in [1.29, 1.82) is 0 Å². The highest BCUT2D eigenvalue weighted by atomic mass is 16.5. The first-order valence-corrected chi connectivity index (χ1v) is 13.9. The van der Waals surface area contributed by atoms with E-state index in [4.69, 9.17) is 24.3 Å². The fourth-order valence-corrected chi connectivity index (χ4v) is 5.15. The van der Waals surface area contributed by atoms with Crippen LogP contribution in [0.25, 0.3) is 11.2 Å². The predicted octanol–water partition coefficient (Wildman–Crippen LogP) is 3.75. The fourth-order valence-electron chi connectivity index (χ4n) is 5.15. The molecule has 0 spiro atoms. The number of carbonyl (C=O) groups is 1. The summed E-state index contributed by atoms with van der Waals surface area (Å²) in [5.41, 5.74) is 3.11. The molecule has 4 aromatic heterocycles.